The lowest BCUT2D eigenvalue weighted by molar-refractivity contribution is 0.224. The summed E-state index contributed by atoms with van der Waals surface area (Å²) in [6.45, 7) is 0. The van der Waals surface area contributed by atoms with E-state index in [1.54, 1.807) is 31.4 Å². The van der Waals surface area contributed by atoms with Crippen LogP contribution in [0.15, 0.2) is 29.6 Å². The highest BCUT2D eigenvalue weighted by Crippen LogP contribution is 2.34. The molecule has 5 heteroatoms. The molecular weight excluding hydrogens is 279 g/mol. The number of benzene rings is 1. The van der Waals surface area contributed by atoms with Crippen LogP contribution in [0.25, 0.3) is 0 Å². The first-order chi connectivity index (χ1) is 8.11. The molecule has 1 unspecified atom stereocenters. The lowest BCUT2D eigenvalue weighted by atomic mass is 10.1. The lowest BCUT2D eigenvalue weighted by Gasteiger charge is -2.10. The number of methoxy groups -OCH3 is 1. The van der Waals surface area contributed by atoms with Crippen LogP contribution in [0.3, 0.4) is 0 Å². The highest BCUT2D eigenvalue weighted by molar-refractivity contribution is 7.10. The van der Waals surface area contributed by atoms with E-state index < -0.39 is 6.10 Å². The normalized spacial score (nSPS) is 12.5. The first-order valence-electron chi connectivity index (χ1n) is 4.87. The van der Waals surface area contributed by atoms with Crippen LogP contribution >= 0.6 is 34.5 Å². The van der Waals surface area contributed by atoms with Gasteiger partial charge in [-0.15, -0.1) is 11.3 Å². The minimum Gasteiger partial charge on any atom is -0.496 e. The van der Waals surface area contributed by atoms with E-state index in [9.17, 15) is 5.11 Å². The van der Waals surface area contributed by atoms with Gasteiger partial charge in [0.15, 0.2) is 0 Å². The number of thiophene rings is 1. The van der Waals surface area contributed by atoms with E-state index in [2.05, 4.69) is 0 Å². The van der Waals surface area contributed by atoms with Gasteiger partial charge in [-0.2, -0.15) is 0 Å². The maximum Gasteiger partial charge on any atom is 0.129 e. The molecule has 0 radical (unpaired) electrons. The molecule has 0 saturated carbocycles. The molecule has 2 aromatic rings. The standard InChI is InChI=1S/C12H10Cl2O2S/c1-16-8-5-11(17-6-8)12(15)9-3-2-7(13)4-10(9)14/h2-6,12,15H,1H3. The van der Waals surface area contributed by atoms with Crippen molar-refractivity contribution in [3.8, 4) is 5.75 Å². The smallest absolute Gasteiger partial charge is 0.129 e. The number of ether oxygens (including phenoxy) is 1. The number of hydrogen-bond acceptors (Lipinski definition) is 3. The van der Waals surface area contributed by atoms with Crippen molar-refractivity contribution < 1.29 is 9.84 Å². The Labute approximate surface area is 113 Å². The van der Waals surface area contributed by atoms with Gasteiger partial charge in [-0.25, -0.2) is 0 Å². The summed E-state index contributed by atoms with van der Waals surface area (Å²) in [5.41, 5.74) is 0.639. The van der Waals surface area contributed by atoms with Gasteiger partial charge in [0, 0.05) is 25.9 Å². The summed E-state index contributed by atoms with van der Waals surface area (Å²) in [4.78, 5) is 0.783. The number of rotatable bonds is 3. The monoisotopic (exact) mass is 288 g/mol. The fourth-order valence-electron chi connectivity index (χ4n) is 1.46. The molecule has 0 aliphatic carbocycles. The maximum atomic E-state index is 10.2. The summed E-state index contributed by atoms with van der Waals surface area (Å²) in [6, 6.07) is 6.84. The highest BCUT2D eigenvalue weighted by atomic mass is 35.5. The van der Waals surface area contributed by atoms with E-state index in [1.165, 1.54) is 11.3 Å². The number of aliphatic hydroxyl groups excluding tert-OH is 1. The van der Waals surface area contributed by atoms with Crippen molar-refractivity contribution in [3.63, 3.8) is 0 Å². The van der Waals surface area contributed by atoms with Crippen molar-refractivity contribution in [1.82, 2.24) is 0 Å². The molecule has 1 heterocycles. The third kappa shape index (κ3) is 2.75. The summed E-state index contributed by atoms with van der Waals surface area (Å²) < 4.78 is 5.08. The number of hydrogen-bond donors (Lipinski definition) is 1. The predicted octanol–water partition coefficient (Wildman–Crippen LogP) is 4.15. The Bertz CT molecular complexity index is 525. The summed E-state index contributed by atoms with van der Waals surface area (Å²) in [5.74, 6) is 0.731. The third-order valence-corrected chi connectivity index (χ3v) is 3.88. The van der Waals surface area contributed by atoms with Crippen molar-refractivity contribution >= 4 is 34.5 Å². The van der Waals surface area contributed by atoms with Crippen LogP contribution in [0.2, 0.25) is 10.0 Å². The second-order valence-corrected chi connectivity index (χ2v) is 5.24. The van der Waals surface area contributed by atoms with Crippen LogP contribution in [0.5, 0.6) is 5.75 Å². The summed E-state index contributed by atoms with van der Waals surface area (Å²) >= 11 is 13.3. The van der Waals surface area contributed by atoms with Gasteiger partial charge in [0.25, 0.3) is 0 Å². The fraction of sp³-hybridized carbons (Fsp3) is 0.167. The molecule has 2 nitrogen and oxygen atoms in total. The summed E-state index contributed by atoms with van der Waals surface area (Å²) in [5, 5.41) is 13.0. The first kappa shape index (κ1) is 12.7. The molecule has 0 amide bonds. The van der Waals surface area contributed by atoms with E-state index in [-0.39, 0.29) is 0 Å². The number of aliphatic hydroxyl groups is 1. The molecule has 1 atom stereocenters. The van der Waals surface area contributed by atoms with E-state index in [0.29, 0.717) is 15.6 Å². The third-order valence-electron chi connectivity index (χ3n) is 2.36. The number of halogens is 2. The lowest BCUT2D eigenvalue weighted by Crippen LogP contribution is -1.97. The Morgan fingerprint density at radius 2 is 2.06 bits per heavy atom. The summed E-state index contributed by atoms with van der Waals surface area (Å²) in [6.07, 6.45) is -0.756. The predicted molar refractivity (Wildman–Crippen MR) is 71.4 cm³/mol. The van der Waals surface area contributed by atoms with Gasteiger partial charge in [-0.05, 0) is 18.2 Å². The Morgan fingerprint density at radius 3 is 2.65 bits per heavy atom. The first-order valence-corrected chi connectivity index (χ1v) is 6.51. The highest BCUT2D eigenvalue weighted by Gasteiger charge is 2.16. The molecule has 0 aliphatic rings. The van der Waals surface area contributed by atoms with Crippen LogP contribution < -0.4 is 4.74 Å². The van der Waals surface area contributed by atoms with E-state index in [0.717, 1.165) is 10.6 Å². The molecule has 17 heavy (non-hydrogen) atoms. The van der Waals surface area contributed by atoms with Crippen LogP contribution in [0, 0.1) is 0 Å². The molecule has 0 aliphatic heterocycles. The average Bonchev–Trinajstić information content (AvgIpc) is 2.76. The molecule has 1 N–H and O–H groups in total. The van der Waals surface area contributed by atoms with Gasteiger partial charge in [0.1, 0.15) is 11.9 Å². The van der Waals surface area contributed by atoms with E-state index in [4.69, 9.17) is 27.9 Å². The Kier molecular flexibility index (Phi) is 3.94. The van der Waals surface area contributed by atoms with Crippen molar-refractivity contribution in [1.29, 1.82) is 0 Å². The second-order valence-electron chi connectivity index (χ2n) is 3.46. The van der Waals surface area contributed by atoms with Crippen LogP contribution in [-0.2, 0) is 0 Å². The molecular formula is C12H10Cl2O2S. The minimum atomic E-state index is -0.756. The molecule has 1 aromatic carbocycles. The molecule has 0 fully saturated rings. The fourth-order valence-corrected chi connectivity index (χ4v) is 2.83. The van der Waals surface area contributed by atoms with Crippen LogP contribution in [-0.4, -0.2) is 12.2 Å². The zero-order chi connectivity index (χ0) is 12.4. The Hall–Kier alpha value is -0.740. The maximum absolute atomic E-state index is 10.2. The molecule has 0 saturated heterocycles. The van der Waals surface area contributed by atoms with Crippen molar-refractivity contribution in [2.45, 2.75) is 6.10 Å². The minimum absolute atomic E-state index is 0.456. The molecule has 0 bridgehead atoms. The van der Waals surface area contributed by atoms with Gasteiger partial charge in [-0.3, -0.25) is 0 Å². The Morgan fingerprint density at radius 1 is 1.29 bits per heavy atom. The van der Waals surface area contributed by atoms with Crippen molar-refractivity contribution in [3.05, 3.63) is 50.1 Å². The molecule has 90 valence electrons. The second kappa shape index (κ2) is 5.27. The zero-order valence-electron chi connectivity index (χ0n) is 8.98. The van der Waals surface area contributed by atoms with Gasteiger partial charge in [0.05, 0.1) is 7.11 Å². The summed E-state index contributed by atoms with van der Waals surface area (Å²) in [7, 11) is 1.59. The van der Waals surface area contributed by atoms with Crippen molar-refractivity contribution in [2.75, 3.05) is 7.11 Å². The van der Waals surface area contributed by atoms with Crippen LogP contribution in [0.4, 0.5) is 0 Å². The van der Waals surface area contributed by atoms with E-state index in [1.807, 2.05) is 5.38 Å². The Balaban J connectivity index is 2.33. The quantitative estimate of drug-likeness (QED) is 0.920. The van der Waals surface area contributed by atoms with Gasteiger partial charge >= 0.3 is 0 Å². The molecule has 1 aromatic heterocycles. The van der Waals surface area contributed by atoms with E-state index >= 15 is 0 Å². The molecule has 2 rings (SSSR count). The topological polar surface area (TPSA) is 29.5 Å². The van der Waals surface area contributed by atoms with Crippen molar-refractivity contribution in [2.24, 2.45) is 0 Å². The van der Waals surface area contributed by atoms with Crippen LogP contribution in [0.1, 0.15) is 16.5 Å². The molecule has 0 spiro atoms. The largest absolute Gasteiger partial charge is 0.496 e. The average molecular weight is 289 g/mol. The van der Waals surface area contributed by atoms with Gasteiger partial charge in [0.2, 0.25) is 0 Å². The zero-order valence-corrected chi connectivity index (χ0v) is 11.3. The van der Waals surface area contributed by atoms with Gasteiger partial charge in [-0.1, -0.05) is 29.3 Å². The SMILES string of the molecule is COc1csc(C(O)c2ccc(Cl)cc2Cl)c1. The van der Waals surface area contributed by atoms with Gasteiger partial charge < -0.3 is 9.84 Å².